The summed E-state index contributed by atoms with van der Waals surface area (Å²) in [6.07, 6.45) is -5.81. The van der Waals surface area contributed by atoms with E-state index >= 15 is 0 Å². The monoisotopic (exact) mass is 509 g/mol. The summed E-state index contributed by atoms with van der Waals surface area (Å²) in [4.78, 5) is 29.0. The van der Waals surface area contributed by atoms with Crippen LogP contribution in [0, 0.1) is 0 Å². The molecule has 0 aliphatic carbocycles. The zero-order valence-corrected chi connectivity index (χ0v) is 19.7. The van der Waals surface area contributed by atoms with E-state index in [4.69, 9.17) is 9.78 Å². The highest BCUT2D eigenvalue weighted by atomic mass is 19.4. The Morgan fingerprint density at radius 2 is 2.00 bits per heavy atom. The molecule has 194 valence electrons. The zero-order chi connectivity index (χ0) is 26.4. The highest BCUT2D eigenvalue weighted by Crippen LogP contribution is 2.40. The number of benzene rings is 2. The molecule has 0 amide bonds. The maximum Gasteiger partial charge on any atom is 0.416 e. The van der Waals surface area contributed by atoms with Crippen molar-refractivity contribution in [3.63, 3.8) is 0 Å². The fourth-order valence-electron chi connectivity index (χ4n) is 4.85. The summed E-state index contributed by atoms with van der Waals surface area (Å²) in [5.41, 5.74) is -2.84. The van der Waals surface area contributed by atoms with Crippen molar-refractivity contribution < 1.29 is 38.1 Å². The number of carbonyl (C=O) groups is 1. The van der Waals surface area contributed by atoms with Crippen molar-refractivity contribution in [2.24, 2.45) is 4.99 Å². The van der Waals surface area contributed by atoms with Crippen LogP contribution >= 0.6 is 0 Å². The average molecular weight is 509 g/mol. The molecule has 4 N–H and O–H groups in total. The number of halogens is 3. The SMILES string of the molecule is C=C1N[C@@H](CO)C2NC(=NC)N(O)C2([C@@H](C)OOC(=O)c2cc(C(F)(F)F)cc3ccccc23)N1C. The third kappa shape index (κ3) is 3.88. The average Bonchev–Trinajstić information content (AvgIpc) is 3.16. The van der Waals surface area contributed by atoms with Crippen LogP contribution in [0.4, 0.5) is 13.2 Å². The van der Waals surface area contributed by atoms with Gasteiger partial charge in [0, 0.05) is 14.1 Å². The van der Waals surface area contributed by atoms with E-state index in [9.17, 15) is 28.3 Å². The molecule has 2 aromatic rings. The van der Waals surface area contributed by atoms with E-state index in [0.717, 1.165) is 11.1 Å². The first-order valence-electron chi connectivity index (χ1n) is 11.0. The van der Waals surface area contributed by atoms with Crippen molar-refractivity contribution in [3.8, 4) is 0 Å². The molecule has 2 saturated heterocycles. The molecule has 2 aliphatic rings. The van der Waals surface area contributed by atoms with Crippen LogP contribution < -0.4 is 10.6 Å². The van der Waals surface area contributed by atoms with E-state index in [-0.39, 0.29) is 28.9 Å². The van der Waals surface area contributed by atoms with Gasteiger partial charge in [-0.25, -0.2) is 4.79 Å². The van der Waals surface area contributed by atoms with Crippen molar-refractivity contribution >= 4 is 22.7 Å². The van der Waals surface area contributed by atoms with Crippen molar-refractivity contribution in [2.45, 2.75) is 37.0 Å². The number of likely N-dealkylation sites (N-methyl/N-ethyl adjacent to an activating group) is 1. The summed E-state index contributed by atoms with van der Waals surface area (Å²) < 4.78 is 40.4. The molecular formula is C23H26F3N5O5. The Kier molecular flexibility index (Phi) is 6.49. The lowest BCUT2D eigenvalue weighted by atomic mass is 9.86. The summed E-state index contributed by atoms with van der Waals surface area (Å²) in [6, 6.07) is 6.38. The second-order valence-corrected chi connectivity index (χ2v) is 8.56. The quantitative estimate of drug-likeness (QED) is 0.355. The lowest BCUT2D eigenvalue weighted by molar-refractivity contribution is -0.330. The Morgan fingerprint density at radius 3 is 2.64 bits per heavy atom. The number of aliphatic hydroxyl groups is 1. The van der Waals surface area contributed by atoms with E-state index in [1.165, 1.54) is 31.0 Å². The van der Waals surface area contributed by atoms with Gasteiger partial charge in [0.15, 0.2) is 5.66 Å². The number of carbonyl (C=O) groups excluding carboxylic acids is 1. The Morgan fingerprint density at radius 1 is 1.31 bits per heavy atom. The van der Waals surface area contributed by atoms with Gasteiger partial charge in [0.1, 0.15) is 6.10 Å². The van der Waals surface area contributed by atoms with E-state index in [1.807, 2.05) is 0 Å². The minimum absolute atomic E-state index is 0.0625. The lowest BCUT2D eigenvalue weighted by Gasteiger charge is -2.54. The Balaban J connectivity index is 1.67. The normalized spacial score (nSPS) is 26.0. The van der Waals surface area contributed by atoms with E-state index in [2.05, 4.69) is 22.2 Å². The Bertz CT molecular complexity index is 1220. The van der Waals surface area contributed by atoms with Crippen LogP contribution in [0.1, 0.15) is 22.8 Å². The van der Waals surface area contributed by atoms with Crippen LogP contribution in [-0.4, -0.2) is 76.8 Å². The number of nitrogens with one attached hydrogen (secondary N) is 2. The van der Waals surface area contributed by atoms with E-state index in [1.54, 1.807) is 19.2 Å². The van der Waals surface area contributed by atoms with Crippen LogP contribution in [0.5, 0.6) is 0 Å². The molecule has 2 heterocycles. The fourth-order valence-corrected chi connectivity index (χ4v) is 4.85. The zero-order valence-electron chi connectivity index (χ0n) is 19.7. The number of fused-ring (bicyclic) bond motifs is 2. The van der Waals surface area contributed by atoms with Crippen LogP contribution in [0.2, 0.25) is 0 Å². The van der Waals surface area contributed by atoms with Gasteiger partial charge < -0.3 is 20.6 Å². The molecule has 0 aromatic heterocycles. The molecule has 0 bridgehead atoms. The smallest absolute Gasteiger partial charge is 0.394 e. The summed E-state index contributed by atoms with van der Waals surface area (Å²) >= 11 is 0. The third-order valence-corrected chi connectivity index (χ3v) is 6.66. The molecule has 36 heavy (non-hydrogen) atoms. The van der Waals surface area contributed by atoms with Crippen molar-refractivity contribution in [3.05, 3.63) is 59.9 Å². The number of alkyl halides is 3. The molecule has 0 radical (unpaired) electrons. The summed E-state index contributed by atoms with van der Waals surface area (Å²) in [5.74, 6) is -0.757. The Labute approximate surface area is 204 Å². The minimum atomic E-state index is -4.68. The number of hydroxylamine groups is 2. The first-order chi connectivity index (χ1) is 17.0. The van der Waals surface area contributed by atoms with Crippen molar-refractivity contribution in [1.29, 1.82) is 0 Å². The van der Waals surface area contributed by atoms with Crippen LogP contribution in [0.15, 0.2) is 53.8 Å². The standard InChI is InChI=1S/C23H26F3N5O5/c1-12(22-19(29-21(27-3)31(22)34)18(11-32)28-13(2)30(22)4)35-36-20(33)17-10-15(23(24,25)26)9-14-7-5-6-8-16(14)17/h5-10,12,18-19,28,32,34H,2,11H2,1,3-4H3,(H,27,29)/t12-,18+,19?,22?/m1/s1. The van der Waals surface area contributed by atoms with Gasteiger partial charge in [0.2, 0.25) is 5.96 Å². The predicted octanol–water partition coefficient (Wildman–Crippen LogP) is 2.05. The van der Waals surface area contributed by atoms with Crippen molar-refractivity contribution in [1.82, 2.24) is 20.6 Å². The predicted molar refractivity (Wildman–Crippen MR) is 122 cm³/mol. The molecule has 4 rings (SSSR count). The number of nitrogens with zero attached hydrogens (tertiary/aromatic N) is 3. The number of aliphatic imine (C=N–C) groups is 1. The molecule has 2 fully saturated rings. The third-order valence-electron chi connectivity index (χ3n) is 6.66. The molecule has 2 unspecified atom stereocenters. The van der Waals surface area contributed by atoms with Crippen LogP contribution in [0.3, 0.4) is 0 Å². The van der Waals surface area contributed by atoms with Gasteiger partial charge in [0.05, 0.1) is 35.6 Å². The van der Waals surface area contributed by atoms with Gasteiger partial charge in [-0.15, -0.1) is 0 Å². The topological polar surface area (TPSA) is 119 Å². The van der Waals surface area contributed by atoms with E-state index in [0.29, 0.717) is 11.9 Å². The molecule has 0 spiro atoms. The second-order valence-electron chi connectivity index (χ2n) is 8.56. The highest BCUT2D eigenvalue weighted by molar-refractivity contribution is 6.04. The minimum Gasteiger partial charge on any atom is -0.394 e. The Hall–Kier alpha value is -3.55. The van der Waals surface area contributed by atoms with Gasteiger partial charge in [-0.2, -0.15) is 23.1 Å². The lowest BCUT2D eigenvalue weighted by Crippen LogP contribution is -2.76. The second kappa shape index (κ2) is 9.15. The molecular weight excluding hydrogens is 483 g/mol. The summed E-state index contributed by atoms with van der Waals surface area (Å²) in [7, 11) is 3.04. The van der Waals surface area contributed by atoms with Gasteiger partial charge in [-0.1, -0.05) is 30.8 Å². The number of hydrogen-bond donors (Lipinski definition) is 4. The molecule has 4 atom stereocenters. The van der Waals surface area contributed by atoms with Crippen LogP contribution in [0.25, 0.3) is 10.8 Å². The molecule has 10 nitrogen and oxygen atoms in total. The molecule has 0 saturated carbocycles. The molecule has 2 aromatic carbocycles. The molecule has 2 aliphatic heterocycles. The van der Waals surface area contributed by atoms with Crippen LogP contribution in [-0.2, 0) is 16.0 Å². The largest absolute Gasteiger partial charge is 0.416 e. The fraction of sp³-hybridized carbons (Fsp3) is 0.391. The summed E-state index contributed by atoms with van der Waals surface area (Å²) in [5, 5.41) is 28.3. The highest BCUT2D eigenvalue weighted by Gasteiger charge is 2.64. The maximum atomic E-state index is 13.5. The van der Waals surface area contributed by atoms with Gasteiger partial charge >= 0.3 is 12.1 Å². The first kappa shape index (κ1) is 25.5. The summed E-state index contributed by atoms with van der Waals surface area (Å²) in [6.45, 7) is 5.05. The maximum absolute atomic E-state index is 13.5. The van der Waals surface area contributed by atoms with Gasteiger partial charge in [0.25, 0.3) is 0 Å². The number of rotatable bonds is 5. The number of hydrogen-bond acceptors (Lipinski definition) is 8. The van der Waals surface area contributed by atoms with Gasteiger partial charge in [-0.3, -0.25) is 15.1 Å². The van der Waals surface area contributed by atoms with Crippen molar-refractivity contribution in [2.75, 3.05) is 20.7 Å². The van der Waals surface area contributed by atoms with E-state index < -0.39 is 41.6 Å². The van der Waals surface area contributed by atoms with Gasteiger partial charge in [-0.05, 0) is 29.8 Å². The number of guanidine groups is 1. The molecule has 13 heteroatoms. The first-order valence-corrected chi connectivity index (χ1v) is 11.0. The number of aliphatic hydroxyl groups excluding tert-OH is 1.